The predicted molar refractivity (Wildman–Crippen MR) is 120 cm³/mol. The Morgan fingerprint density at radius 2 is 2.00 bits per heavy atom. The molecule has 1 fully saturated rings. The Morgan fingerprint density at radius 3 is 2.68 bits per heavy atom. The molecule has 7 nitrogen and oxygen atoms in total. The average Bonchev–Trinajstić information content (AvgIpc) is 3.20. The van der Waals surface area contributed by atoms with Crippen LogP contribution >= 0.6 is 0 Å². The summed E-state index contributed by atoms with van der Waals surface area (Å²) in [5, 5.41) is 4.00. The molecule has 0 saturated carbocycles. The van der Waals surface area contributed by atoms with Crippen LogP contribution in [0.15, 0.2) is 30.5 Å². The predicted octanol–water partition coefficient (Wildman–Crippen LogP) is 4.19. The Morgan fingerprint density at radius 1 is 1.24 bits per heavy atom. The van der Waals surface area contributed by atoms with Gasteiger partial charge in [-0.1, -0.05) is 6.92 Å². The third-order valence-corrected chi connectivity index (χ3v) is 7.02. The van der Waals surface area contributed by atoms with Crippen LogP contribution in [0, 0.1) is 5.92 Å². The van der Waals surface area contributed by atoms with Crippen molar-refractivity contribution >= 4 is 21.3 Å². The number of aromatic nitrogens is 4. The van der Waals surface area contributed by atoms with Gasteiger partial charge in [-0.25, -0.2) is 40.5 Å². The molecule has 1 saturated heterocycles. The fourth-order valence-electron chi connectivity index (χ4n) is 4.11. The normalized spacial score (nSPS) is 18.7. The van der Waals surface area contributed by atoms with E-state index in [-0.39, 0.29) is 31.0 Å². The van der Waals surface area contributed by atoms with Crippen LogP contribution in [0.3, 0.4) is 0 Å². The molecule has 1 atom stereocenters. The van der Waals surface area contributed by atoms with Crippen LogP contribution in [-0.2, 0) is 16.3 Å². The molecule has 0 aromatic carbocycles. The first-order chi connectivity index (χ1) is 16.0. The van der Waals surface area contributed by atoms with E-state index in [4.69, 9.17) is 0 Å². The second-order valence-corrected chi connectivity index (χ2v) is 10.9. The molecule has 3 aromatic heterocycles. The smallest absolute Gasteiger partial charge is 0.282 e. The summed E-state index contributed by atoms with van der Waals surface area (Å²) in [4.78, 5) is 10.6. The molecular formula is C22H25F4N5O2S. The molecule has 184 valence electrons. The lowest BCUT2D eigenvalue weighted by Gasteiger charge is -2.39. The fraction of sp³-hybridized carbons (Fsp3) is 0.500. The summed E-state index contributed by atoms with van der Waals surface area (Å²) < 4.78 is 79.8. The summed E-state index contributed by atoms with van der Waals surface area (Å²) in [6.07, 6.45) is -0.171. The van der Waals surface area contributed by atoms with Crippen molar-refractivity contribution in [1.82, 2.24) is 19.6 Å². The molecule has 34 heavy (non-hydrogen) atoms. The zero-order valence-electron chi connectivity index (χ0n) is 18.8. The SMILES string of the molecule is CCc1cc(-c2cnc3ccc(C(F)F)nn23)cc(N2CCC(F)(F)C(CCS(C)(=O)=O)C2)n1. The summed E-state index contributed by atoms with van der Waals surface area (Å²) in [6, 6.07) is 6.18. The molecule has 1 unspecified atom stereocenters. The summed E-state index contributed by atoms with van der Waals surface area (Å²) in [7, 11) is -3.37. The van der Waals surface area contributed by atoms with Gasteiger partial charge >= 0.3 is 0 Å². The average molecular weight is 500 g/mol. The Hall–Kier alpha value is -2.76. The van der Waals surface area contributed by atoms with Gasteiger partial charge in [0.15, 0.2) is 5.65 Å². The lowest BCUT2D eigenvalue weighted by Crippen LogP contribution is -2.48. The van der Waals surface area contributed by atoms with Crippen LogP contribution in [0.5, 0.6) is 0 Å². The van der Waals surface area contributed by atoms with E-state index in [1.807, 2.05) is 6.92 Å². The zero-order chi connectivity index (χ0) is 24.7. The highest BCUT2D eigenvalue weighted by Gasteiger charge is 2.44. The van der Waals surface area contributed by atoms with E-state index in [0.29, 0.717) is 34.8 Å². The van der Waals surface area contributed by atoms with Gasteiger partial charge in [0.1, 0.15) is 21.3 Å². The summed E-state index contributed by atoms with van der Waals surface area (Å²) in [6.45, 7) is 1.92. The van der Waals surface area contributed by atoms with E-state index in [1.165, 1.54) is 22.8 Å². The number of rotatable bonds is 7. The number of hydrogen-bond acceptors (Lipinski definition) is 6. The highest BCUT2D eigenvalue weighted by Crippen LogP contribution is 2.38. The van der Waals surface area contributed by atoms with Crippen molar-refractivity contribution in [2.24, 2.45) is 5.92 Å². The lowest BCUT2D eigenvalue weighted by molar-refractivity contribution is -0.0728. The lowest BCUT2D eigenvalue weighted by atomic mass is 9.91. The molecule has 0 aliphatic carbocycles. The molecule has 12 heteroatoms. The van der Waals surface area contributed by atoms with Crippen LogP contribution in [0.25, 0.3) is 16.9 Å². The van der Waals surface area contributed by atoms with Crippen LogP contribution < -0.4 is 4.90 Å². The standard InChI is InChI=1S/C22H25F4N5O2S/c1-3-16-10-14(18-12-27-19-5-4-17(21(23)24)29-31(18)19)11-20(28-16)30-8-7-22(25,26)15(13-30)6-9-34(2,32)33/h4-5,10-12,15,21H,3,6-9,13H2,1-2H3. The molecule has 3 aromatic rings. The number of halogens is 4. The van der Waals surface area contributed by atoms with Crippen molar-refractivity contribution in [3.63, 3.8) is 0 Å². The third kappa shape index (κ3) is 5.16. The van der Waals surface area contributed by atoms with Crippen molar-refractivity contribution in [1.29, 1.82) is 0 Å². The first kappa shape index (κ1) is 24.4. The van der Waals surface area contributed by atoms with E-state index in [2.05, 4.69) is 15.1 Å². The van der Waals surface area contributed by atoms with E-state index in [9.17, 15) is 26.0 Å². The first-order valence-corrected chi connectivity index (χ1v) is 13.0. The monoisotopic (exact) mass is 499 g/mol. The minimum Gasteiger partial charge on any atom is -0.356 e. The first-order valence-electron chi connectivity index (χ1n) is 10.9. The molecule has 0 radical (unpaired) electrons. The Balaban J connectivity index is 1.69. The van der Waals surface area contributed by atoms with Gasteiger partial charge in [0.25, 0.3) is 12.3 Å². The van der Waals surface area contributed by atoms with E-state index >= 15 is 0 Å². The van der Waals surface area contributed by atoms with Gasteiger partial charge in [0, 0.05) is 42.9 Å². The fourth-order valence-corrected chi connectivity index (χ4v) is 4.82. The number of pyridine rings is 1. The Bertz CT molecular complexity index is 1300. The summed E-state index contributed by atoms with van der Waals surface area (Å²) >= 11 is 0. The van der Waals surface area contributed by atoms with Crippen molar-refractivity contribution in [3.8, 4) is 11.3 Å². The van der Waals surface area contributed by atoms with Gasteiger partial charge in [0.2, 0.25) is 0 Å². The van der Waals surface area contributed by atoms with Crippen molar-refractivity contribution < 1.29 is 26.0 Å². The van der Waals surface area contributed by atoms with Gasteiger partial charge in [-0.05, 0) is 37.1 Å². The van der Waals surface area contributed by atoms with Gasteiger partial charge in [-0.2, -0.15) is 5.10 Å². The van der Waals surface area contributed by atoms with Crippen LogP contribution in [-0.4, -0.2) is 59.0 Å². The molecule has 0 spiro atoms. The number of aryl methyl sites for hydroxylation is 1. The van der Waals surface area contributed by atoms with Gasteiger partial charge < -0.3 is 4.90 Å². The van der Waals surface area contributed by atoms with Gasteiger partial charge in [0.05, 0.1) is 17.6 Å². The maximum absolute atomic E-state index is 14.5. The number of alkyl halides is 4. The molecule has 0 bridgehead atoms. The molecule has 0 amide bonds. The van der Waals surface area contributed by atoms with Crippen molar-refractivity contribution in [2.45, 2.75) is 38.5 Å². The number of sulfone groups is 1. The molecule has 0 N–H and O–H groups in total. The van der Waals surface area contributed by atoms with Crippen LogP contribution in [0.1, 0.15) is 37.6 Å². The highest BCUT2D eigenvalue weighted by atomic mass is 32.2. The minimum absolute atomic E-state index is 0.0386. The minimum atomic E-state index is -3.37. The van der Waals surface area contributed by atoms with E-state index < -0.39 is 34.5 Å². The second-order valence-electron chi connectivity index (χ2n) is 8.60. The Labute approximate surface area is 194 Å². The van der Waals surface area contributed by atoms with Gasteiger partial charge in [-0.15, -0.1) is 0 Å². The summed E-state index contributed by atoms with van der Waals surface area (Å²) in [5.41, 5.74) is 1.81. The molecular weight excluding hydrogens is 474 g/mol. The number of imidazole rings is 1. The van der Waals surface area contributed by atoms with E-state index in [1.54, 1.807) is 17.0 Å². The largest absolute Gasteiger partial charge is 0.356 e. The van der Waals surface area contributed by atoms with Crippen LogP contribution in [0.2, 0.25) is 0 Å². The number of piperidine rings is 1. The molecule has 1 aliphatic heterocycles. The van der Waals surface area contributed by atoms with E-state index in [0.717, 1.165) is 6.26 Å². The highest BCUT2D eigenvalue weighted by molar-refractivity contribution is 7.90. The molecule has 4 rings (SSSR count). The number of anilines is 1. The molecule has 4 heterocycles. The number of hydrogen-bond donors (Lipinski definition) is 0. The maximum atomic E-state index is 14.5. The number of fused-ring (bicyclic) bond motifs is 1. The second kappa shape index (κ2) is 9.12. The quantitative estimate of drug-likeness (QED) is 0.454. The Kier molecular flexibility index (Phi) is 6.54. The van der Waals surface area contributed by atoms with Crippen molar-refractivity contribution in [2.75, 3.05) is 30.0 Å². The zero-order valence-corrected chi connectivity index (χ0v) is 19.6. The third-order valence-electron chi connectivity index (χ3n) is 6.04. The number of nitrogens with zero attached hydrogens (tertiary/aromatic N) is 5. The van der Waals surface area contributed by atoms with Crippen LogP contribution in [0.4, 0.5) is 23.4 Å². The topological polar surface area (TPSA) is 80.5 Å². The maximum Gasteiger partial charge on any atom is 0.282 e. The molecule has 1 aliphatic rings. The van der Waals surface area contributed by atoms with Crippen molar-refractivity contribution in [3.05, 3.63) is 41.9 Å². The summed E-state index contributed by atoms with van der Waals surface area (Å²) in [5.74, 6) is -3.94. The van der Waals surface area contributed by atoms with Gasteiger partial charge in [-0.3, -0.25) is 0 Å².